The number of hydrogen-bond donors (Lipinski definition) is 8. The average molecular weight is 993 g/mol. The first-order valence-corrected chi connectivity index (χ1v) is 24.9. The number of allylic oxidation sites excluding steroid dienone is 3. The molecule has 0 aliphatic heterocycles. The predicted octanol–water partition coefficient (Wildman–Crippen LogP) is 6.22. The van der Waals surface area contributed by atoms with Gasteiger partial charge in [-0.3, -0.25) is 24.0 Å². The molecule has 0 aromatic heterocycles. The highest BCUT2D eigenvalue weighted by molar-refractivity contribution is 5.93. The normalized spacial score (nSPS) is 18.5. The van der Waals surface area contributed by atoms with E-state index in [1.807, 2.05) is 58.0 Å². The van der Waals surface area contributed by atoms with Gasteiger partial charge >= 0.3 is 18.0 Å². The smallest absolute Gasteiger partial charge is 0.408 e. The number of carboxylic acid groups (broad SMARTS) is 1. The highest BCUT2D eigenvalue weighted by Gasteiger charge is 2.39. The SMILES string of the molecule is CC(C)C[C@H](NC(=O)[C@H](Cc1ccc(O)cc1)NC(=O)OC(C)(C)CCOC(C)(C)CCOC(=O)CCC/C=C\C[C@@H]1[C@@H](/C=C/CCCc2ccccc2)[C@H](O)C[C@@H]1O)C(=O)NCC(=O)N[C@@H](C)C(=O)O. The number of carbonyl (C=O) groups is 6. The first-order chi connectivity index (χ1) is 33.5. The molecule has 17 heteroatoms. The Balaban J connectivity index is 1.41. The number of aryl methyl sites for hydroxylation is 1. The maximum Gasteiger partial charge on any atom is 0.408 e. The third-order valence-corrected chi connectivity index (χ3v) is 12.3. The lowest BCUT2D eigenvalue weighted by Gasteiger charge is -2.30. The zero-order valence-electron chi connectivity index (χ0n) is 42.7. The van der Waals surface area contributed by atoms with Crippen LogP contribution in [0.15, 0.2) is 78.9 Å². The summed E-state index contributed by atoms with van der Waals surface area (Å²) in [7, 11) is 0. The third kappa shape index (κ3) is 23.8. The van der Waals surface area contributed by atoms with Crippen LogP contribution >= 0.6 is 0 Å². The topological polar surface area (TPSA) is 259 Å². The highest BCUT2D eigenvalue weighted by Crippen LogP contribution is 2.36. The molecule has 7 atom stereocenters. The van der Waals surface area contributed by atoms with Gasteiger partial charge in [-0.25, -0.2) is 4.79 Å². The fraction of sp³-hybridized carbons (Fsp3) is 0.593. The van der Waals surface area contributed by atoms with E-state index in [2.05, 4.69) is 45.6 Å². The van der Waals surface area contributed by atoms with Gasteiger partial charge in [0, 0.05) is 38.0 Å². The second-order valence-corrected chi connectivity index (χ2v) is 20.1. The number of alkyl carbamates (subject to hydrolysis) is 1. The number of benzene rings is 2. The molecule has 0 bridgehead atoms. The Morgan fingerprint density at radius 3 is 2.11 bits per heavy atom. The molecule has 4 amide bonds. The maximum absolute atomic E-state index is 13.8. The lowest BCUT2D eigenvalue weighted by molar-refractivity contribution is -0.146. The van der Waals surface area contributed by atoms with E-state index in [1.54, 1.807) is 26.0 Å². The largest absolute Gasteiger partial charge is 0.508 e. The van der Waals surface area contributed by atoms with E-state index in [4.69, 9.17) is 19.3 Å². The Morgan fingerprint density at radius 1 is 0.761 bits per heavy atom. The predicted molar refractivity (Wildman–Crippen MR) is 269 cm³/mol. The lowest BCUT2D eigenvalue weighted by Crippen LogP contribution is -2.56. The number of aromatic hydroxyl groups is 1. The van der Waals surface area contributed by atoms with E-state index in [0.717, 1.165) is 19.3 Å². The maximum atomic E-state index is 13.8. The van der Waals surface area contributed by atoms with E-state index in [1.165, 1.54) is 24.6 Å². The number of aliphatic hydroxyl groups excluding tert-OH is 2. The minimum Gasteiger partial charge on any atom is -0.508 e. The molecule has 1 aliphatic rings. The molecule has 1 saturated carbocycles. The molecule has 0 radical (unpaired) electrons. The van der Waals surface area contributed by atoms with E-state index in [9.17, 15) is 44.1 Å². The number of nitrogens with one attached hydrogen (secondary N) is 4. The molecule has 1 aliphatic carbocycles. The van der Waals surface area contributed by atoms with Crippen LogP contribution < -0.4 is 21.3 Å². The van der Waals surface area contributed by atoms with Crippen molar-refractivity contribution in [2.24, 2.45) is 17.8 Å². The van der Waals surface area contributed by atoms with Crippen LogP contribution in [0.1, 0.15) is 124 Å². The molecular formula is C54H80N4O13. The molecule has 0 heterocycles. The molecule has 3 rings (SSSR count). The Kier molecular flexibility index (Phi) is 25.3. The third-order valence-electron chi connectivity index (χ3n) is 12.3. The van der Waals surface area contributed by atoms with Crippen molar-refractivity contribution in [3.8, 4) is 5.75 Å². The van der Waals surface area contributed by atoms with Gasteiger partial charge in [-0.2, -0.15) is 0 Å². The van der Waals surface area contributed by atoms with Gasteiger partial charge in [-0.1, -0.05) is 80.6 Å². The van der Waals surface area contributed by atoms with Crippen LogP contribution in [0.3, 0.4) is 0 Å². The summed E-state index contributed by atoms with van der Waals surface area (Å²) < 4.78 is 17.4. The highest BCUT2D eigenvalue weighted by atomic mass is 16.6. The Morgan fingerprint density at radius 2 is 1.44 bits per heavy atom. The summed E-state index contributed by atoms with van der Waals surface area (Å²) in [6, 6.07) is 12.9. The minimum absolute atomic E-state index is 0.00500. The van der Waals surface area contributed by atoms with Gasteiger partial charge in [0.15, 0.2) is 0 Å². The van der Waals surface area contributed by atoms with Crippen LogP contribution in [0.25, 0.3) is 0 Å². The lowest BCUT2D eigenvalue weighted by atomic mass is 9.89. The van der Waals surface area contributed by atoms with Crippen LogP contribution in [0.5, 0.6) is 5.75 Å². The molecule has 2 aromatic rings. The van der Waals surface area contributed by atoms with E-state index >= 15 is 0 Å². The minimum atomic E-state index is -1.24. The second kappa shape index (κ2) is 30.2. The van der Waals surface area contributed by atoms with Crippen molar-refractivity contribution in [2.45, 2.75) is 167 Å². The van der Waals surface area contributed by atoms with Crippen LogP contribution in [-0.4, -0.2) is 117 Å². The molecule has 394 valence electrons. The number of esters is 1. The number of aliphatic carboxylic acids is 1. The molecular weight excluding hydrogens is 913 g/mol. The van der Waals surface area contributed by atoms with Crippen LogP contribution in [0.2, 0.25) is 0 Å². The average Bonchev–Trinajstić information content (AvgIpc) is 3.56. The van der Waals surface area contributed by atoms with Crippen molar-refractivity contribution in [3.63, 3.8) is 0 Å². The standard InChI is InChI=1S/C54H80N4O13/c1-36(2)32-43(49(64)55-35-47(62)56-37(3)51(66)67)57-50(65)44(33-39-24-26-40(59)27-25-39)58-52(68)71-54(6,7)29-31-70-53(4,5)28-30-69-48(63)23-17-9-8-15-21-41-42(46(61)34-45(41)60)22-16-11-14-20-38-18-12-10-13-19-38/h8,10,12-13,15-16,18-19,22,24-27,36-37,41-46,59-61H,9,11,14,17,20-21,23,28-35H2,1-7H3,(H,55,64)(H,56,62)(H,57,65)(H,58,68)(H,66,67)/b15-8-,22-16+/t37-,41+,42+,43-,44-,45-,46+/m0/s1. The number of hydrogen-bond acceptors (Lipinski definition) is 12. The van der Waals surface area contributed by atoms with E-state index in [0.29, 0.717) is 37.7 Å². The first-order valence-electron chi connectivity index (χ1n) is 24.9. The Labute approximate surface area is 419 Å². The number of amides is 4. The molecule has 71 heavy (non-hydrogen) atoms. The molecule has 2 aromatic carbocycles. The molecule has 8 N–H and O–H groups in total. The van der Waals surface area contributed by atoms with Crippen LogP contribution in [0, 0.1) is 17.8 Å². The quantitative estimate of drug-likeness (QED) is 0.0238. The number of phenols is 1. The summed E-state index contributed by atoms with van der Waals surface area (Å²) in [6.07, 6.45) is 12.5. The van der Waals surface area contributed by atoms with Crippen molar-refractivity contribution in [3.05, 3.63) is 90.0 Å². The number of phenolic OH excluding ortho intramolecular Hbond substituents is 1. The molecule has 0 spiro atoms. The van der Waals surface area contributed by atoms with Crippen molar-refractivity contribution >= 4 is 35.8 Å². The van der Waals surface area contributed by atoms with E-state index in [-0.39, 0.29) is 68.4 Å². The number of aliphatic hydroxyl groups is 2. The summed E-state index contributed by atoms with van der Waals surface area (Å²) >= 11 is 0. The van der Waals surface area contributed by atoms with Gasteiger partial charge in [0.2, 0.25) is 17.7 Å². The number of ether oxygens (including phenoxy) is 3. The summed E-state index contributed by atoms with van der Waals surface area (Å²) in [5.41, 5.74) is 0.161. The Hall–Kier alpha value is -5.78. The van der Waals surface area contributed by atoms with Crippen molar-refractivity contribution in [1.29, 1.82) is 0 Å². The number of unbranched alkanes of at least 4 members (excludes halogenated alkanes) is 2. The van der Waals surface area contributed by atoms with Gasteiger partial charge in [-0.05, 0) is 115 Å². The van der Waals surface area contributed by atoms with Gasteiger partial charge in [0.1, 0.15) is 29.5 Å². The zero-order valence-corrected chi connectivity index (χ0v) is 42.7. The zero-order chi connectivity index (χ0) is 52.6. The number of carbonyl (C=O) groups excluding carboxylic acids is 5. The van der Waals surface area contributed by atoms with Gasteiger partial charge in [0.05, 0.1) is 37.6 Å². The van der Waals surface area contributed by atoms with Crippen molar-refractivity contribution in [1.82, 2.24) is 21.3 Å². The van der Waals surface area contributed by atoms with Gasteiger partial charge in [-0.15, -0.1) is 0 Å². The van der Waals surface area contributed by atoms with Crippen molar-refractivity contribution in [2.75, 3.05) is 19.8 Å². The van der Waals surface area contributed by atoms with Crippen molar-refractivity contribution < 1.29 is 63.4 Å². The fourth-order valence-electron chi connectivity index (χ4n) is 8.06. The number of rotatable bonds is 31. The van der Waals surface area contributed by atoms with Crippen LogP contribution in [-0.2, 0) is 51.0 Å². The van der Waals surface area contributed by atoms with Gasteiger partial charge < -0.3 is 55.9 Å². The molecule has 0 saturated heterocycles. The first kappa shape index (κ1) is 59.5. The fourth-order valence-corrected chi connectivity index (χ4v) is 8.06. The van der Waals surface area contributed by atoms with E-state index < -0.39 is 77.9 Å². The summed E-state index contributed by atoms with van der Waals surface area (Å²) in [5.74, 6) is -3.90. The molecule has 17 nitrogen and oxygen atoms in total. The summed E-state index contributed by atoms with van der Waals surface area (Å²) in [4.78, 5) is 76.2. The van der Waals surface area contributed by atoms with Gasteiger partial charge in [0.25, 0.3) is 0 Å². The molecule has 1 fully saturated rings. The molecule has 0 unspecified atom stereocenters. The number of carboxylic acids is 1. The second-order valence-electron chi connectivity index (χ2n) is 20.1. The monoisotopic (exact) mass is 993 g/mol. The summed E-state index contributed by atoms with van der Waals surface area (Å²) in [6.45, 7) is 11.9. The van der Waals surface area contributed by atoms with Crippen LogP contribution in [0.4, 0.5) is 4.79 Å². The Bertz CT molecular complexity index is 2040. The summed E-state index contributed by atoms with van der Waals surface area (Å²) in [5, 5.41) is 50.1.